The van der Waals surface area contributed by atoms with Crippen LogP contribution in [0.2, 0.25) is 0 Å². The molecule has 0 radical (unpaired) electrons. The highest BCUT2D eigenvalue weighted by Gasteiger charge is 2.19. The van der Waals surface area contributed by atoms with E-state index in [1.165, 1.54) is 23.4 Å². The molecule has 0 saturated carbocycles. The number of Topliss-reactive ketones (excluding diaryl/α,β-unsaturated/α-hetero) is 1. The van der Waals surface area contributed by atoms with Crippen molar-refractivity contribution in [3.63, 3.8) is 0 Å². The number of thioether (sulfide) groups is 1. The van der Waals surface area contributed by atoms with Gasteiger partial charge in [0.1, 0.15) is 11.5 Å². The van der Waals surface area contributed by atoms with E-state index in [4.69, 9.17) is 14.5 Å². The third-order valence-corrected chi connectivity index (χ3v) is 6.00. The van der Waals surface area contributed by atoms with E-state index in [0.29, 0.717) is 38.8 Å². The zero-order chi connectivity index (χ0) is 22.7. The second-order valence-electron chi connectivity index (χ2n) is 7.14. The minimum Gasteiger partial charge on any atom is -0.496 e. The third kappa shape index (κ3) is 4.11. The predicted molar refractivity (Wildman–Crippen MR) is 127 cm³/mol. The number of ketones is 1. The molecular weight excluding hydrogens is 424 g/mol. The standard InChI is InChI=1S/C25H22N2O4S/c1-16-12-13-23(31-3)20(14-16)27-24(29)17-8-4-6-10-19(17)26-25(27)32-15-21(28)18-9-5-7-11-22(18)30-2/h4-14H,15H2,1-3H3. The maximum absolute atomic E-state index is 13.5. The van der Waals surface area contributed by atoms with E-state index in [2.05, 4.69) is 0 Å². The van der Waals surface area contributed by atoms with Crippen LogP contribution in [0, 0.1) is 6.92 Å². The van der Waals surface area contributed by atoms with Gasteiger partial charge in [0, 0.05) is 0 Å². The summed E-state index contributed by atoms with van der Waals surface area (Å²) < 4.78 is 12.4. The van der Waals surface area contributed by atoms with Gasteiger partial charge in [0.15, 0.2) is 10.9 Å². The van der Waals surface area contributed by atoms with Gasteiger partial charge < -0.3 is 9.47 Å². The van der Waals surface area contributed by atoms with Gasteiger partial charge in [-0.3, -0.25) is 14.2 Å². The first-order valence-corrected chi connectivity index (χ1v) is 11.0. The molecule has 1 heterocycles. The van der Waals surface area contributed by atoms with E-state index in [1.54, 1.807) is 43.5 Å². The Labute approximate surface area is 189 Å². The molecule has 7 heteroatoms. The number of methoxy groups -OCH3 is 2. The quantitative estimate of drug-likeness (QED) is 0.233. The topological polar surface area (TPSA) is 70.4 Å². The van der Waals surface area contributed by atoms with Crippen LogP contribution < -0.4 is 15.0 Å². The smallest absolute Gasteiger partial charge is 0.266 e. The van der Waals surface area contributed by atoms with Crippen LogP contribution in [-0.2, 0) is 0 Å². The Morgan fingerprint density at radius 3 is 2.47 bits per heavy atom. The summed E-state index contributed by atoms with van der Waals surface area (Å²) in [5.41, 5.74) is 2.41. The van der Waals surface area contributed by atoms with Gasteiger partial charge >= 0.3 is 0 Å². The molecule has 4 rings (SSSR count). The SMILES string of the molecule is COc1ccccc1C(=O)CSc1nc2ccccc2c(=O)n1-c1cc(C)ccc1OC. The van der Waals surface area contributed by atoms with Crippen LogP contribution in [0.25, 0.3) is 16.6 Å². The fourth-order valence-corrected chi connectivity index (χ4v) is 4.37. The average molecular weight is 447 g/mol. The number of nitrogens with zero attached hydrogens (tertiary/aromatic N) is 2. The average Bonchev–Trinajstić information content (AvgIpc) is 2.82. The summed E-state index contributed by atoms with van der Waals surface area (Å²) in [7, 11) is 3.09. The van der Waals surface area contributed by atoms with Crippen LogP contribution in [0.4, 0.5) is 0 Å². The molecule has 0 fully saturated rings. The summed E-state index contributed by atoms with van der Waals surface area (Å²) in [4.78, 5) is 31.1. The Morgan fingerprint density at radius 1 is 0.969 bits per heavy atom. The number of hydrogen-bond donors (Lipinski definition) is 0. The van der Waals surface area contributed by atoms with Crippen LogP contribution in [0.5, 0.6) is 11.5 Å². The molecule has 0 saturated heterocycles. The number of aromatic nitrogens is 2. The first-order chi connectivity index (χ1) is 15.5. The first kappa shape index (κ1) is 21.6. The molecular formula is C25H22N2O4S. The molecule has 0 bridgehead atoms. The first-order valence-electron chi connectivity index (χ1n) is 9.99. The molecule has 1 aromatic heterocycles. The van der Waals surface area contributed by atoms with Gasteiger partial charge in [0.2, 0.25) is 0 Å². The molecule has 0 unspecified atom stereocenters. The normalized spacial score (nSPS) is 10.8. The van der Waals surface area contributed by atoms with Gasteiger partial charge in [0.25, 0.3) is 5.56 Å². The van der Waals surface area contributed by atoms with Crippen molar-refractivity contribution in [1.29, 1.82) is 0 Å². The van der Waals surface area contributed by atoms with Crippen molar-refractivity contribution in [2.45, 2.75) is 12.1 Å². The second kappa shape index (κ2) is 9.28. The highest BCUT2D eigenvalue weighted by molar-refractivity contribution is 7.99. The highest BCUT2D eigenvalue weighted by Crippen LogP contribution is 2.29. The van der Waals surface area contributed by atoms with Crippen molar-refractivity contribution in [2.24, 2.45) is 0 Å². The third-order valence-electron chi connectivity index (χ3n) is 5.06. The number of aryl methyl sites for hydroxylation is 1. The lowest BCUT2D eigenvalue weighted by molar-refractivity contribution is 0.101. The van der Waals surface area contributed by atoms with Crippen molar-refractivity contribution in [3.05, 3.63) is 88.2 Å². The molecule has 0 N–H and O–H groups in total. The minimum absolute atomic E-state index is 0.0965. The van der Waals surface area contributed by atoms with Crippen molar-refractivity contribution in [3.8, 4) is 17.2 Å². The van der Waals surface area contributed by atoms with Gasteiger partial charge in [-0.2, -0.15) is 0 Å². The maximum atomic E-state index is 13.5. The number of rotatable bonds is 7. The molecule has 32 heavy (non-hydrogen) atoms. The van der Waals surface area contributed by atoms with Crippen LogP contribution in [0.3, 0.4) is 0 Å². The lowest BCUT2D eigenvalue weighted by Gasteiger charge is -2.16. The molecule has 0 aliphatic heterocycles. The summed E-state index contributed by atoms with van der Waals surface area (Å²) in [6, 6.07) is 19.9. The van der Waals surface area contributed by atoms with E-state index < -0.39 is 0 Å². The van der Waals surface area contributed by atoms with Crippen LogP contribution in [0.1, 0.15) is 15.9 Å². The van der Waals surface area contributed by atoms with Gasteiger partial charge in [-0.05, 0) is 48.9 Å². The lowest BCUT2D eigenvalue weighted by atomic mass is 10.1. The molecule has 6 nitrogen and oxygen atoms in total. The van der Waals surface area contributed by atoms with Gasteiger partial charge in [-0.1, -0.05) is 42.1 Å². The minimum atomic E-state index is -0.216. The second-order valence-corrected chi connectivity index (χ2v) is 8.08. The Morgan fingerprint density at radius 2 is 1.69 bits per heavy atom. The number of hydrogen-bond acceptors (Lipinski definition) is 6. The van der Waals surface area contributed by atoms with E-state index in [9.17, 15) is 9.59 Å². The summed E-state index contributed by atoms with van der Waals surface area (Å²) in [6.45, 7) is 1.94. The maximum Gasteiger partial charge on any atom is 0.266 e. The predicted octanol–water partition coefficient (Wildman–Crippen LogP) is 4.69. The van der Waals surface area contributed by atoms with Gasteiger partial charge in [0.05, 0.1) is 42.1 Å². The Bertz CT molecular complexity index is 1360. The summed E-state index contributed by atoms with van der Waals surface area (Å²) in [5, 5.41) is 0.914. The number of para-hydroxylation sites is 2. The summed E-state index contributed by atoms with van der Waals surface area (Å²) >= 11 is 1.21. The van der Waals surface area contributed by atoms with Crippen molar-refractivity contribution < 1.29 is 14.3 Å². The highest BCUT2D eigenvalue weighted by atomic mass is 32.2. The van der Waals surface area contributed by atoms with E-state index in [-0.39, 0.29) is 17.1 Å². The Balaban J connectivity index is 1.82. The fourth-order valence-electron chi connectivity index (χ4n) is 3.48. The van der Waals surface area contributed by atoms with E-state index >= 15 is 0 Å². The monoisotopic (exact) mass is 446 g/mol. The van der Waals surface area contributed by atoms with Crippen molar-refractivity contribution in [2.75, 3.05) is 20.0 Å². The van der Waals surface area contributed by atoms with Gasteiger partial charge in [-0.15, -0.1) is 0 Å². The number of carbonyl (C=O) groups is 1. The number of fused-ring (bicyclic) bond motifs is 1. The Kier molecular flexibility index (Phi) is 6.28. The van der Waals surface area contributed by atoms with Crippen LogP contribution in [-0.4, -0.2) is 35.3 Å². The fraction of sp³-hybridized carbons (Fsp3) is 0.160. The van der Waals surface area contributed by atoms with Crippen LogP contribution >= 0.6 is 11.8 Å². The zero-order valence-corrected chi connectivity index (χ0v) is 18.8. The molecule has 162 valence electrons. The van der Waals surface area contributed by atoms with E-state index in [0.717, 1.165) is 5.56 Å². The van der Waals surface area contributed by atoms with Gasteiger partial charge in [-0.25, -0.2) is 4.98 Å². The number of benzene rings is 3. The Hall–Kier alpha value is -3.58. The molecule has 0 atom stereocenters. The molecule has 4 aromatic rings. The van der Waals surface area contributed by atoms with Crippen molar-refractivity contribution >= 4 is 28.4 Å². The summed E-state index contributed by atoms with van der Waals surface area (Å²) in [6.07, 6.45) is 0. The number of carbonyl (C=O) groups excluding carboxylic acids is 1. The lowest BCUT2D eigenvalue weighted by Crippen LogP contribution is -2.23. The molecule has 0 amide bonds. The van der Waals surface area contributed by atoms with Crippen LogP contribution in [0.15, 0.2) is 76.7 Å². The van der Waals surface area contributed by atoms with E-state index in [1.807, 2.05) is 37.3 Å². The molecule has 0 aliphatic carbocycles. The zero-order valence-electron chi connectivity index (χ0n) is 18.0. The molecule has 0 spiro atoms. The molecule has 0 aliphatic rings. The molecule has 3 aromatic carbocycles. The largest absolute Gasteiger partial charge is 0.496 e. The van der Waals surface area contributed by atoms with Crippen molar-refractivity contribution in [1.82, 2.24) is 9.55 Å². The summed E-state index contributed by atoms with van der Waals surface area (Å²) in [5.74, 6) is 1.05. The number of ether oxygens (including phenoxy) is 2.